The van der Waals surface area contributed by atoms with Gasteiger partial charge in [0.05, 0.1) is 0 Å². The van der Waals surface area contributed by atoms with Crippen molar-refractivity contribution >= 4 is 45.5 Å². The molecule has 124 valence electrons. The van der Waals surface area contributed by atoms with Crippen LogP contribution in [-0.4, -0.2) is 20.4 Å². The Balaban J connectivity index is 2.55. The number of alkyl halides is 2. The molecule has 2 rings (SSSR count). The molecule has 0 heterocycles. The van der Waals surface area contributed by atoms with Crippen LogP contribution in [0.25, 0.3) is 11.1 Å². The lowest BCUT2D eigenvalue weighted by atomic mass is 9.94. The molecule has 0 aromatic heterocycles. The molecule has 0 atom stereocenters. The summed E-state index contributed by atoms with van der Waals surface area (Å²) in [5.74, 6) is 0. The summed E-state index contributed by atoms with van der Waals surface area (Å²) >= 11 is 6.96. The third kappa shape index (κ3) is 5.11. The lowest BCUT2D eigenvalue weighted by Crippen LogP contribution is -2.15. The maximum Gasteiger partial charge on any atom is 0.200 e. The van der Waals surface area contributed by atoms with Gasteiger partial charge in [-0.3, -0.25) is 0 Å². The zero-order valence-corrected chi connectivity index (χ0v) is 16.9. The van der Waals surface area contributed by atoms with E-state index in [0.717, 1.165) is 58.3 Å². The minimum atomic E-state index is -2.14. The first-order valence-corrected chi connectivity index (χ1v) is 11.2. The number of aryl methyl sites for hydroxylation is 1. The molecule has 0 aliphatic rings. The summed E-state index contributed by atoms with van der Waals surface area (Å²) in [5.41, 5.74) is 4.32. The van der Waals surface area contributed by atoms with Gasteiger partial charge in [0, 0.05) is 16.0 Å². The van der Waals surface area contributed by atoms with Crippen LogP contribution in [0.2, 0.25) is 0 Å². The standard InChI is InChI=1S/C18H21Br2O2P/c19-12-4-8-15-10-11-17(14-6-2-1-3-7-14)18(23(21)22)16(15)9-5-13-20/h1-3,6-7,10-11,21-22H,4-5,8-9,12-13H2. The van der Waals surface area contributed by atoms with Gasteiger partial charge in [-0.25, -0.2) is 0 Å². The van der Waals surface area contributed by atoms with E-state index >= 15 is 0 Å². The van der Waals surface area contributed by atoms with E-state index in [1.54, 1.807) is 0 Å². The highest BCUT2D eigenvalue weighted by Crippen LogP contribution is 2.34. The minimum Gasteiger partial charge on any atom is -0.347 e. The normalized spacial score (nSPS) is 11.2. The Labute approximate surface area is 156 Å². The van der Waals surface area contributed by atoms with Crippen molar-refractivity contribution in [2.45, 2.75) is 25.7 Å². The molecular weight excluding hydrogens is 439 g/mol. The highest BCUT2D eigenvalue weighted by Gasteiger charge is 2.19. The molecule has 0 saturated heterocycles. The average molecular weight is 460 g/mol. The summed E-state index contributed by atoms with van der Waals surface area (Å²) in [6.45, 7) is 0. The fourth-order valence-electron chi connectivity index (χ4n) is 2.77. The fourth-order valence-corrected chi connectivity index (χ4v) is 4.25. The van der Waals surface area contributed by atoms with Crippen LogP contribution in [-0.2, 0) is 12.8 Å². The lowest BCUT2D eigenvalue weighted by molar-refractivity contribution is 0.496. The highest BCUT2D eigenvalue weighted by atomic mass is 79.9. The summed E-state index contributed by atoms with van der Waals surface area (Å²) in [6.07, 6.45) is 3.84. The van der Waals surface area contributed by atoms with Gasteiger partial charge in [0.2, 0.25) is 8.38 Å². The fraction of sp³-hybridized carbons (Fsp3) is 0.333. The van der Waals surface area contributed by atoms with Crippen molar-refractivity contribution in [1.82, 2.24) is 0 Å². The first kappa shape index (κ1) is 19.1. The van der Waals surface area contributed by atoms with E-state index in [0.29, 0.717) is 0 Å². The Hall–Kier alpha value is -0.250. The monoisotopic (exact) mass is 458 g/mol. The SMILES string of the molecule is OP(O)c1c(-c2ccccc2)ccc(CCCBr)c1CCCBr. The van der Waals surface area contributed by atoms with Gasteiger partial charge in [-0.15, -0.1) is 0 Å². The van der Waals surface area contributed by atoms with Gasteiger partial charge in [0.1, 0.15) is 0 Å². The second-order valence-electron chi connectivity index (χ2n) is 5.34. The number of rotatable bonds is 8. The molecule has 0 unspecified atom stereocenters. The van der Waals surface area contributed by atoms with Crippen LogP contribution in [0.1, 0.15) is 24.0 Å². The molecule has 23 heavy (non-hydrogen) atoms. The second-order valence-corrected chi connectivity index (χ2v) is 7.95. The van der Waals surface area contributed by atoms with Gasteiger partial charge >= 0.3 is 0 Å². The number of halogens is 2. The predicted octanol–water partition coefficient (Wildman–Crippen LogP) is 4.93. The second kappa shape index (κ2) is 9.90. The van der Waals surface area contributed by atoms with Gasteiger partial charge in [0.15, 0.2) is 0 Å². The van der Waals surface area contributed by atoms with Crippen LogP contribution in [0, 0.1) is 0 Å². The average Bonchev–Trinajstić information content (AvgIpc) is 2.58. The minimum absolute atomic E-state index is 0.722. The Kier molecular flexibility index (Phi) is 8.22. The van der Waals surface area contributed by atoms with Crippen molar-refractivity contribution in [2.24, 2.45) is 0 Å². The highest BCUT2D eigenvalue weighted by molar-refractivity contribution is 9.09. The molecule has 0 fully saturated rings. The zero-order valence-electron chi connectivity index (χ0n) is 12.9. The molecule has 0 spiro atoms. The third-order valence-electron chi connectivity index (χ3n) is 3.80. The van der Waals surface area contributed by atoms with E-state index in [1.165, 1.54) is 5.56 Å². The Morgan fingerprint density at radius 2 is 1.48 bits per heavy atom. The van der Waals surface area contributed by atoms with E-state index in [2.05, 4.69) is 37.9 Å². The summed E-state index contributed by atoms with van der Waals surface area (Å²) in [4.78, 5) is 20.2. The maximum atomic E-state index is 10.1. The zero-order chi connectivity index (χ0) is 16.7. The van der Waals surface area contributed by atoms with Crippen LogP contribution in [0.15, 0.2) is 42.5 Å². The van der Waals surface area contributed by atoms with Crippen molar-refractivity contribution in [3.63, 3.8) is 0 Å². The largest absolute Gasteiger partial charge is 0.347 e. The first-order valence-electron chi connectivity index (χ1n) is 7.69. The van der Waals surface area contributed by atoms with Crippen LogP contribution >= 0.6 is 40.2 Å². The van der Waals surface area contributed by atoms with Crippen LogP contribution in [0.5, 0.6) is 0 Å². The number of benzene rings is 2. The first-order chi connectivity index (χ1) is 11.2. The van der Waals surface area contributed by atoms with Crippen LogP contribution < -0.4 is 5.30 Å². The molecule has 0 saturated carbocycles. The van der Waals surface area contributed by atoms with E-state index in [4.69, 9.17) is 0 Å². The van der Waals surface area contributed by atoms with Gasteiger partial charge < -0.3 is 9.79 Å². The molecule has 0 radical (unpaired) electrons. The predicted molar refractivity (Wildman–Crippen MR) is 107 cm³/mol. The summed E-state index contributed by atoms with van der Waals surface area (Å²) in [5, 5.41) is 2.58. The van der Waals surface area contributed by atoms with Crippen LogP contribution in [0.4, 0.5) is 0 Å². The molecule has 0 aliphatic heterocycles. The van der Waals surface area contributed by atoms with E-state index < -0.39 is 8.38 Å². The molecule has 2 aromatic rings. The van der Waals surface area contributed by atoms with E-state index in [9.17, 15) is 9.79 Å². The molecule has 2 nitrogen and oxygen atoms in total. The maximum absolute atomic E-state index is 10.1. The van der Waals surface area contributed by atoms with E-state index in [1.807, 2.05) is 36.4 Å². The molecule has 5 heteroatoms. The van der Waals surface area contributed by atoms with Gasteiger partial charge in [-0.2, -0.15) is 0 Å². The van der Waals surface area contributed by atoms with Crippen molar-refractivity contribution < 1.29 is 9.79 Å². The van der Waals surface area contributed by atoms with Crippen molar-refractivity contribution in [3.05, 3.63) is 53.6 Å². The molecule has 0 aliphatic carbocycles. The van der Waals surface area contributed by atoms with Crippen molar-refractivity contribution in [3.8, 4) is 11.1 Å². The smallest absolute Gasteiger partial charge is 0.200 e. The Bertz CT molecular complexity index is 618. The summed E-state index contributed by atoms with van der Waals surface area (Å²) in [7, 11) is -2.14. The summed E-state index contributed by atoms with van der Waals surface area (Å²) in [6, 6.07) is 14.2. The van der Waals surface area contributed by atoms with Gasteiger partial charge in [-0.05, 0) is 47.9 Å². The molecule has 0 amide bonds. The summed E-state index contributed by atoms with van der Waals surface area (Å²) < 4.78 is 0. The van der Waals surface area contributed by atoms with Gasteiger partial charge in [-0.1, -0.05) is 74.3 Å². The van der Waals surface area contributed by atoms with Crippen molar-refractivity contribution in [1.29, 1.82) is 0 Å². The van der Waals surface area contributed by atoms with Gasteiger partial charge in [0.25, 0.3) is 0 Å². The topological polar surface area (TPSA) is 40.5 Å². The van der Waals surface area contributed by atoms with Crippen LogP contribution in [0.3, 0.4) is 0 Å². The Morgan fingerprint density at radius 3 is 2.09 bits per heavy atom. The third-order valence-corrected chi connectivity index (χ3v) is 5.84. The molecule has 0 bridgehead atoms. The lowest BCUT2D eigenvalue weighted by Gasteiger charge is -2.19. The quantitative estimate of drug-likeness (QED) is 0.434. The van der Waals surface area contributed by atoms with Crippen molar-refractivity contribution in [2.75, 3.05) is 10.7 Å². The number of hydrogen-bond acceptors (Lipinski definition) is 2. The number of hydrogen-bond donors (Lipinski definition) is 2. The molecule has 2 N–H and O–H groups in total. The molecular formula is C18H21Br2O2P. The van der Waals surface area contributed by atoms with E-state index in [-0.39, 0.29) is 0 Å². The molecule has 2 aromatic carbocycles. The Morgan fingerprint density at radius 1 is 0.826 bits per heavy atom.